The molecule has 0 aliphatic heterocycles. The highest BCUT2D eigenvalue weighted by Crippen LogP contribution is 2.25. The molecule has 2 aromatic rings. The Labute approximate surface area is 156 Å². The summed E-state index contributed by atoms with van der Waals surface area (Å²) in [6, 6.07) is 7.77. The fourth-order valence-electron chi connectivity index (χ4n) is 1.77. The van der Waals surface area contributed by atoms with E-state index in [0.717, 1.165) is 12.1 Å². The van der Waals surface area contributed by atoms with E-state index in [0.29, 0.717) is 10.7 Å². The van der Waals surface area contributed by atoms with Crippen LogP contribution >= 0.6 is 34.8 Å². The van der Waals surface area contributed by atoms with Crippen LogP contribution in [0.2, 0.25) is 15.1 Å². The molecule has 0 saturated heterocycles. The van der Waals surface area contributed by atoms with Gasteiger partial charge in [-0.1, -0.05) is 34.8 Å². The molecule has 7 nitrogen and oxygen atoms in total. The lowest BCUT2D eigenvalue weighted by Crippen LogP contribution is -2.21. The third-order valence-corrected chi connectivity index (χ3v) is 3.80. The van der Waals surface area contributed by atoms with Crippen LogP contribution in [-0.4, -0.2) is 23.4 Å². The van der Waals surface area contributed by atoms with Crippen LogP contribution in [0.3, 0.4) is 0 Å². The Kier molecular flexibility index (Phi) is 6.19. The van der Waals surface area contributed by atoms with Crippen LogP contribution in [0.15, 0.2) is 36.4 Å². The molecule has 0 bridgehead atoms. The van der Waals surface area contributed by atoms with Crippen molar-refractivity contribution in [3.05, 3.63) is 67.1 Å². The van der Waals surface area contributed by atoms with Gasteiger partial charge in [0.25, 0.3) is 11.6 Å². The van der Waals surface area contributed by atoms with E-state index in [1.807, 2.05) is 0 Å². The highest BCUT2D eigenvalue weighted by atomic mass is 35.5. The van der Waals surface area contributed by atoms with Gasteiger partial charge in [-0.3, -0.25) is 14.9 Å². The molecule has 1 amide bonds. The van der Waals surface area contributed by atoms with Crippen molar-refractivity contribution in [2.45, 2.75) is 0 Å². The Morgan fingerprint density at radius 1 is 1.08 bits per heavy atom. The summed E-state index contributed by atoms with van der Waals surface area (Å²) in [5.41, 5.74) is -0.248. The number of nitrogens with zero attached hydrogens (tertiary/aromatic N) is 1. The van der Waals surface area contributed by atoms with Crippen molar-refractivity contribution in [1.82, 2.24) is 0 Å². The number of amides is 1. The van der Waals surface area contributed by atoms with Crippen molar-refractivity contribution in [1.29, 1.82) is 0 Å². The van der Waals surface area contributed by atoms with Gasteiger partial charge in [0.1, 0.15) is 0 Å². The van der Waals surface area contributed by atoms with Gasteiger partial charge >= 0.3 is 5.97 Å². The van der Waals surface area contributed by atoms with E-state index in [1.54, 1.807) is 0 Å². The van der Waals surface area contributed by atoms with E-state index in [2.05, 4.69) is 5.32 Å². The molecule has 0 radical (unpaired) electrons. The molecule has 0 spiro atoms. The van der Waals surface area contributed by atoms with Gasteiger partial charge in [-0.15, -0.1) is 0 Å². The van der Waals surface area contributed by atoms with Crippen LogP contribution in [0.4, 0.5) is 11.4 Å². The first kappa shape index (κ1) is 19.0. The lowest BCUT2D eigenvalue weighted by atomic mass is 10.2. The van der Waals surface area contributed by atoms with Crippen LogP contribution in [0.25, 0.3) is 0 Å². The summed E-state index contributed by atoms with van der Waals surface area (Å²) in [4.78, 5) is 33.8. The Morgan fingerprint density at radius 3 is 2.44 bits per heavy atom. The smallest absolute Gasteiger partial charge is 0.340 e. The van der Waals surface area contributed by atoms with E-state index in [4.69, 9.17) is 39.5 Å². The van der Waals surface area contributed by atoms with Crippen molar-refractivity contribution in [2.75, 3.05) is 11.9 Å². The summed E-state index contributed by atoms with van der Waals surface area (Å²) in [6.45, 7) is -0.628. The number of hydrogen-bond donors (Lipinski definition) is 1. The number of benzene rings is 2. The van der Waals surface area contributed by atoms with Crippen molar-refractivity contribution >= 4 is 58.1 Å². The maximum absolute atomic E-state index is 12.0. The molecular weight excluding hydrogens is 395 g/mol. The Hall–Kier alpha value is -2.35. The van der Waals surface area contributed by atoms with Crippen LogP contribution in [0.1, 0.15) is 10.4 Å². The molecule has 130 valence electrons. The topological polar surface area (TPSA) is 98.5 Å². The van der Waals surface area contributed by atoms with E-state index in [1.165, 1.54) is 24.3 Å². The second kappa shape index (κ2) is 8.15. The summed E-state index contributed by atoms with van der Waals surface area (Å²) >= 11 is 17.5. The molecule has 0 saturated carbocycles. The molecule has 0 fully saturated rings. The summed E-state index contributed by atoms with van der Waals surface area (Å²) in [5.74, 6) is -1.62. The summed E-state index contributed by atoms with van der Waals surface area (Å²) in [5, 5.41) is 13.8. The van der Waals surface area contributed by atoms with Gasteiger partial charge in [0.15, 0.2) is 6.61 Å². The van der Waals surface area contributed by atoms with Crippen molar-refractivity contribution in [3.63, 3.8) is 0 Å². The van der Waals surface area contributed by atoms with Gasteiger partial charge in [0.2, 0.25) is 0 Å². The van der Waals surface area contributed by atoms with Gasteiger partial charge in [0.05, 0.1) is 26.2 Å². The van der Waals surface area contributed by atoms with Gasteiger partial charge in [-0.05, 0) is 24.3 Å². The fraction of sp³-hybridized carbons (Fsp3) is 0.0667. The number of halogens is 3. The zero-order valence-corrected chi connectivity index (χ0v) is 14.6. The highest BCUT2D eigenvalue weighted by molar-refractivity contribution is 6.36. The summed E-state index contributed by atoms with van der Waals surface area (Å²) in [7, 11) is 0. The van der Waals surface area contributed by atoms with Gasteiger partial charge in [-0.2, -0.15) is 0 Å². The first-order valence-electron chi connectivity index (χ1n) is 6.64. The molecule has 0 aromatic heterocycles. The molecule has 1 N–H and O–H groups in total. The van der Waals surface area contributed by atoms with Crippen LogP contribution in [0, 0.1) is 10.1 Å². The van der Waals surface area contributed by atoms with Crippen molar-refractivity contribution in [2.24, 2.45) is 0 Å². The number of hydrogen-bond acceptors (Lipinski definition) is 5. The molecule has 0 unspecified atom stereocenters. The predicted octanol–water partition coefficient (Wildman–Crippen LogP) is 4.35. The van der Waals surface area contributed by atoms with E-state index >= 15 is 0 Å². The standard InChI is InChI=1S/C15H9Cl3N2O5/c16-8-1-4-13(12(18)5-8)19-14(21)7-25-15(22)10-6-9(20(23)24)2-3-11(10)17/h1-6H,7H2,(H,19,21). The summed E-state index contributed by atoms with van der Waals surface area (Å²) in [6.07, 6.45) is 0. The zero-order chi connectivity index (χ0) is 18.6. The number of nitro benzene ring substituents is 1. The number of esters is 1. The third kappa shape index (κ3) is 5.06. The van der Waals surface area contributed by atoms with Crippen LogP contribution < -0.4 is 5.32 Å². The third-order valence-electron chi connectivity index (χ3n) is 2.92. The number of anilines is 1. The van der Waals surface area contributed by atoms with E-state index in [9.17, 15) is 19.7 Å². The minimum Gasteiger partial charge on any atom is -0.452 e. The Balaban J connectivity index is 2.01. The van der Waals surface area contributed by atoms with Crippen molar-refractivity contribution in [3.8, 4) is 0 Å². The molecule has 0 aliphatic carbocycles. The molecule has 0 aliphatic rings. The van der Waals surface area contributed by atoms with Crippen LogP contribution in [-0.2, 0) is 9.53 Å². The quantitative estimate of drug-likeness (QED) is 0.454. The number of carbonyl (C=O) groups is 2. The van der Waals surface area contributed by atoms with E-state index < -0.39 is 23.4 Å². The maximum atomic E-state index is 12.0. The second-order valence-electron chi connectivity index (χ2n) is 4.67. The number of nitrogens with one attached hydrogen (secondary N) is 1. The number of rotatable bonds is 5. The normalized spacial score (nSPS) is 10.2. The minimum absolute atomic E-state index is 0.0308. The van der Waals surface area contributed by atoms with Gasteiger partial charge in [-0.25, -0.2) is 4.79 Å². The zero-order valence-electron chi connectivity index (χ0n) is 12.3. The molecule has 2 aromatic carbocycles. The first-order valence-corrected chi connectivity index (χ1v) is 7.77. The highest BCUT2D eigenvalue weighted by Gasteiger charge is 2.18. The second-order valence-corrected chi connectivity index (χ2v) is 5.92. The average Bonchev–Trinajstić information content (AvgIpc) is 2.55. The van der Waals surface area contributed by atoms with Gasteiger partial charge < -0.3 is 10.1 Å². The Morgan fingerprint density at radius 2 is 1.80 bits per heavy atom. The number of carbonyl (C=O) groups excluding carboxylic acids is 2. The molecular formula is C15H9Cl3N2O5. The SMILES string of the molecule is O=C(COC(=O)c1cc([N+](=O)[O-])ccc1Cl)Nc1ccc(Cl)cc1Cl. The number of non-ortho nitro benzene ring substituents is 1. The Bertz CT molecular complexity index is 857. The maximum Gasteiger partial charge on any atom is 0.340 e. The first-order chi connectivity index (χ1) is 11.8. The number of ether oxygens (including phenoxy) is 1. The molecule has 0 atom stereocenters. The average molecular weight is 404 g/mol. The lowest BCUT2D eigenvalue weighted by Gasteiger charge is -2.09. The van der Waals surface area contributed by atoms with Crippen molar-refractivity contribution < 1.29 is 19.2 Å². The molecule has 10 heteroatoms. The monoisotopic (exact) mass is 402 g/mol. The number of nitro groups is 1. The van der Waals surface area contributed by atoms with E-state index in [-0.39, 0.29) is 21.3 Å². The summed E-state index contributed by atoms with van der Waals surface area (Å²) < 4.78 is 4.81. The largest absolute Gasteiger partial charge is 0.452 e. The van der Waals surface area contributed by atoms with Crippen LogP contribution in [0.5, 0.6) is 0 Å². The minimum atomic E-state index is -0.967. The fourth-order valence-corrected chi connectivity index (χ4v) is 2.42. The molecule has 25 heavy (non-hydrogen) atoms. The predicted molar refractivity (Wildman–Crippen MR) is 93.5 cm³/mol. The van der Waals surface area contributed by atoms with Gasteiger partial charge in [0, 0.05) is 17.2 Å². The molecule has 0 heterocycles. The molecule has 2 rings (SSSR count). The lowest BCUT2D eigenvalue weighted by molar-refractivity contribution is -0.384.